The summed E-state index contributed by atoms with van der Waals surface area (Å²) in [4.78, 5) is 4.45. The van der Waals surface area contributed by atoms with Gasteiger partial charge in [-0.15, -0.1) is 24.0 Å². The van der Waals surface area contributed by atoms with Crippen LogP contribution in [0.3, 0.4) is 0 Å². The van der Waals surface area contributed by atoms with Crippen LogP contribution in [0, 0.1) is 0 Å². The van der Waals surface area contributed by atoms with Gasteiger partial charge < -0.3 is 20.1 Å². The Balaban J connectivity index is 0.00000625. The van der Waals surface area contributed by atoms with E-state index >= 15 is 0 Å². The summed E-state index contributed by atoms with van der Waals surface area (Å²) < 4.78 is 46.4. The van der Waals surface area contributed by atoms with Gasteiger partial charge >= 0.3 is 6.18 Å². The van der Waals surface area contributed by atoms with Gasteiger partial charge in [0.2, 0.25) is 0 Å². The molecule has 0 saturated carbocycles. The van der Waals surface area contributed by atoms with Gasteiger partial charge in [-0.3, -0.25) is 0 Å². The summed E-state index contributed by atoms with van der Waals surface area (Å²) in [5, 5.41) is 6.33. The van der Waals surface area contributed by atoms with E-state index in [9.17, 15) is 13.2 Å². The monoisotopic (exact) mass is 489 g/mol. The molecule has 150 valence electrons. The molecule has 1 aromatic rings. The molecule has 0 aliphatic rings. The first-order valence-electron chi connectivity index (χ1n) is 8.01. The van der Waals surface area contributed by atoms with Crippen molar-refractivity contribution in [2.75, 3.05) is 26.8 Å². The number of ether oxygens (including phenoxy) is 2. The summed E-state index contributed by atoms with van der Waals surface area (Å²) in [7, 11) is 1.65. The Morgan fingerprint density at radius 3 is 2.23 bits per heavy atom. The summed E-state index contributed by atoms with van der Waals surface area (Å²) in [5.41, 5.74) is 0.538. The van der Waals surface area contributed by atoms with Gasteiger partial charge in [0, 0.05) is 20.2 Å². The molecular weight excluding hydrogens is 462 g/mol. The molecule has 0 fully saturated rings. The topological polar surface area (TPSA) is 54.9 Å². The molecule has 0 atom stereocenters. The second kappa shape index (κ2) is 11.5. The van der Waals surface area contributed by atoms with Gasteiger partial charge in [-0.1, -0.05) is 12.1 Å². The van der Waals surface area contributed by atoms with Crippen LogP contribution in [-0.2, 0) is 11.3 Å². The standard InChI is InChI=1S/C17H26F3N3O2.HI/c1-5-21-15(23-11-16(2,3)24-4)22-10-13-6-8-14(9-7-13)25-12-17(18,19)20;/h6-9H,5,10-12H2,1-4H3,(H2,21,22,23);1H. The van der Waals surface area contributed by atoms with Crippen molar-refractivity contribution in [1.29, 1.82) is 0 Å². The second-order valence-corrected chi connectivity index (χ2v) is 6.06. The average Bonchev–Trinajstić information content (AvgIpc) is 2.56. The minimum absolute atomic E-state index is 0. The molecule has 0 unspecified atom stereocenters. The highest BCUT2D eigenvalue weighted by molar-refractivity contribution is 14.0. The summed E-state index contributed by atoms with van der Waals surface area (Å²) in [6, 6.07) is 6.39. The van der Waals surface area contributed by atoms with Crippen LogP contribution in [0.1, 0.15) is 26.3 Å². The Morgan fingerprint density at radius 1 is 1.12 bits per heavy atom. The number of nitrogens with one attached hydrogen (secondary N) is 2. The Morgan fingerprint density at radius 2 is 1.73 bits per heavy atom. The third-order valence-electron chi connectivity index (χ3n) is 3.32. The summed E-state index contributed by atoms with van der Waals surface area (Å²) in [6.45, 7) is 6.28. The van der Waals surface area contributed by atoms with Crippen LogP contribution < -0.4 is 15.4 Å². The van der Waals surface area contributed by atoms with Crippen molar-refractivity contribution >= 4 is 29.9 Å². The molecule has 0 aliphatic carbocycles. The molecule has 0 bridgehead atoms. The maximum Gasteiger partial charge on any atom is 0.422 e. The highest BCUT2D eigenvalue weighted by atomic mass is 127. The van der Waals surface area contributed by atoms with E-state index in [2.05, 4.69) is 20.4 Å². The third kappa shape index (κ3) is 10.7. The minimum atomic E-state index is -4.34. The predicted molar refractivity (Wildman–Crippen MR) is 107 cm³/mol. The normalized spacial score (nSPS) is 12.3. The number of alkyl halides is 3. The van der Waals surface area contributed by atoms with E-state index in [4.69, 9.17) is 4.74 Å². The van der Waals surface area contributed by atoms with Crippen LogP contribution in [0.4, 0.5) is 13.2 Å². The lowest BCUT2D eigenvalue weighted by Gasteiger charge is -2.24. The zero-order valence-corrected chi connectivity index (χ0v) is 17.8. The second-order valence-electron chi connectivity index (χ2n) is 6.06. The molecule has 1 rings (SSSR count). The van der Waals surface area contributed by atoms with Crippen LogP contribution >= 0.6 is 24.0 Å². The fourth-order valence-electron chi connectivity index (χ4n) is 1.74. The lowest BCUT2D eigenvalue weighted by Crippen LogP contribution is -2.45. The summed E-state index contributed by atoms with van der Waals surface area (Å²) >= 11 is 0. The first-order valence-corrected chi connectivity index (χ1v) is 8.01. The fraction of sp³-hybridized carbons (Fsp3) is 0.588. The molecule has 0 radical (unpaired) electrons. The Hall–Kier alpha value is -1.23. The number of rotatable bonds is 8. The molecule has 0 spiro atoms. The Bertz CT molecular complexity index is 549. The van der Waals surface area contributed by atoms with E-state index < -0.39 is 12.8 Å². The van der Waals surface area contributed by atoms with Crippen LogP contribution in [0.15, 0.2) is 29.3 Å². The average molecular weight is 489 g/mol. The summed E-state index contributed by atoms with van der Waals surface area (Å²) in [6.07, 6.45) is -4.34. The van der Waals surface area contributed by atoms with E-state index in [1.54, 1.807) is 19.2 Å². The number of hydrogen-bond donors (Lipinski definition) is 2. The number of nitrogens with zero attached hydrogens (tertiary/aromatic N) is 1. The number of hydrogen-bond acceptors (Lipinski definition) is 3. The lowest BCUT2D eigenvalue weighted by molar-refractivity contribution is -0.153. The van der Waals surface area contributed by atoms with E-state index in [-0.39, 0.29) is 35.3 Å². The van der Waals surface area contributed by atoms with Crippen molar-refractivity contribution < 1.29 is 22.6 Å². The molecule has 0 heterocycles. The van der Waals surface area contributed by atoms with Crippen molar-refractivity contribution in [3.05, 3.63) is 29.8 Å². The number of aliphatic imine (C=N–C) groups is 1. The highest BCUT2D eigenvalue weighted by Crippen LogP contribution is 2.19. The molecule has 0 aromatic heterocycles. The van der Waals surface area contributed by atoms with Crippen LogP contribution in [0.2, 0.25) is 0 Å². The number of halogens is 4. The zero-order valence-electron chi connectivity index (χ0n) is 15.4. The molecule has 0 amide bonds. The fourth-order valence-corrected chi connectivity index (χ4v) is 1.74. The van der Waals surface area contributed by atoms with Gasteiger partial charge in [0.1, 0.15) is 5.75 Å². The molecule has 0 aliphatic heterocycles. The van der Waals surface area contributed by atoms with Gasteiger partial charge in [0.15, 0.2) is 12.6 Å². The van der Waals surface area contributed by atoms with E-state index in [1.807, 2.05) is 20.8 Å². The Labute approximate surface area is 169 Å². The van der Waals surface area contributed by atoms with Gasteiger partial charge in [-0.05, 0) is 38.5 Å². The molecule has 2 N–H and O–H groups in total. The number of guanidine groups is 1. The number of benzene rings is 1. The highest BCUT2D eigenvalue weighted by Gasteiger charge is 2.28. The maximum atomic E-state index is 12.1. The predicted octanol–water partition coefficient (Wildman–Crippen LogP) is 3.73. The van der Waals surface area contributed by atoms with Gasteiger partial charge in [-0.2, -0.15) is 13.2 Å². The van der Waals surface area contributed by atoms with Crippen LogP contribution in [-0.4, -0.2) is 44.5 Å². The van der Waals surface area contributed by atoms with E-state index in [1.165, 1.54) is 12.1 Å². The smallest absolute Gasteiger partial charge is 0.422 e. The SMILES string of the molecule is CCNC(=NCc1ccc(OCC(F)(F)F)cc1)NCC(C)(C)OC.I. The van der Waals surface area contributed by atoms with Crippen LogP contribution in [0.5, 0.6) is 5.75 Å². The largest absolute Gasteiger partial charge is 0.484 e. The molecule has 0 saturated heterocycles. The summed E-state index contributed by atoms with van der Waals surface area (Å²) in [5.74, 6) is 0.821. The molecule has 9 heteroatoms. The molecular formula is C17H27F3IN3O2. The van der Waals surface area contributed by atoms with Crippen molar-refractivity contribution in [3.63, 3.8) is 0 Å². The van der Waals surface area contributed by atoms with Crippen LogP contribution in [0.25, 0.3) is 0 Å². The molecule has 1 aromatic carbocycles. The number of methoxy groups -OCH3 is 1. The van der Waals surface area contributed by atoms with Crippen molar-refractivity contribution in [1.82, 2.24) is 10.6 Å². The van der Waals surface area contributed by atoms with Crippen molar-refractivity contribution in [3.8, 4) is 5.75 Å². The van der Waals surface area contributed by atoms with E-state index in [0.717, 1.165) is 5.56 Å². The lowest BCUT2D eigenvalue weighted by atomic mass is 10.1. The van der Waals surface area contributed by atoms with E-state index in [0.29, 0.717) is 25.6 Å². The van der Waals surface area contributed by atoms with Crippen molar-refractivity contribution in [2.45, 2.75) is 39.1 Å². The molecule has 5 nitrogen and oxygen atoms in total. The minimum Gasteiger partial charge on any atom is -0.484 e. The third-order valence-corrected chi connectivity index (χ3v) is 3.32. The first-order chi connectivity index (χ1) is 11.6. The maximum absolute atomic E-state index is 12.1. The van der Waals surface area contributed by atoms with Gasteiger partial charge in [0.25, 0.3) is 0 Å². The zero-order chi connectivity index (χ0) is 18.9. The first kappa shape index (κ1) is 24.8. The molecule has 26 heavy (non-hydrogen) atoms. The van der Waals surface area contributed by atoms with Gasteiger partial charge in [-0.25, -0.2) is 4.99 Å². The Kier molecular flexibility index (Phi) is 10.9. The van der Waals surface area contributed by atoms with Gasteiger partial charge in [0.05, 0.1) is 12.1 Å². The van der Waals surface area contributed by atoms with Crippen molar-refractivity contribution in [2.24, 2.45) is 4.99 Å². The quantitative estimate of drug-likeness (QED) is 0.332.